The second kappa shape index (κ2) is 5.15. The van der Waals surface area contributed by atoms with Gasteiger partial charge in [0.15, 0.2) is 0 Å². The van der Waals surface area contributed by atoms with Crippen molar-refractivity contribution < 1.29 is 4.79 Å². The molecule has 0 aliphatic rings. The van der Waals surface area contributed by atoms with Crippen molar-refractivity contribution >= 4 is 39.1 Å². The monoisotopic (exact) mass is 286 g/mol. The smallest absolute Gasteiger partial charge is 0.241 e. The van der Waals surface area contributed by atoms with E-state index in [0.717, 1.165) is 4.47 Å². The van der Waals surface area contributed by atoms with Gasteiger partial charge >= 0.3 is 0 Å². The Hall–Kier alpha value is -1.05. The van der Waals surface area contributed by atoms with Gasteiger partial charge in [0.1, 0.15) is 5.92 Å². The topological polar surface area (TPSA) is 52.9 Å². The van der Waals surface area contributed by atoms with Crippen LogP contribution < -0.4 is 5.32 Å². The summed E-state index contributed by atoms with van der Waals surface area (Å²) in [6.07, 6.45) is 0. The Morgan fingerprint density at radius 1 is 1.67 bits per heavy atom. The molecule has 1 aromatic carbocycles. The number of hydrogen-bond acceptors (Lipinski definition) is 2. The van der Waals surface area contributed by atoms with Gasteiger partial charge in [-0.05, 0) is 41.1 Å². The molecule has 3 nitrogen and oxygen atoms in total. The standard InChI is InChI=1S/C10H8BrClN2O/c1-6(5-13)10(15)14-9-4-7(12)2-3-8(9)11/h2-4,6H,1H3,(H,14,15). The third-order valence-corrected chi connectivity index (χ3v) is 2.70. The zero-order chi connectivity index (χ0) is 11.4. The molecule has 1 rings (SSSR count). The first kappa shape index (κ1) is 12.0. The average Bonchev–Trinajstić information content (AvgIpc) is 2.22. The maximum atomic E-state index is 11.4. The van der Waals surface area contributed by atoms with E-state index in [1.54, 1.807) is 18.2 Å². The molecule has 0 saturated carbocycles. The number of nitrogens with zero attached hydrogens (tertiary/aromatic N) is 1. The summed E-state index contributed by atoms with van der Waals surface area (Å²) in [5, 5.41) is 11.7. The molecule has 0 fully saturated rings. The van der Waals surface area contributed by atoms with Crippen molar-refractivity contribution in [2.75, 3.05) is 5.32 Å². The van der Waals surface area contributed by atoms with Crippen LogP contribution in [0.2, 0.25) is 5.02 Å². The Morgan fingerprint density at radius 2 is 2.33 bits per heavy atom. The van der Waals surface area contributed by atoms with E-state index in [4.69, 9.17) is 16.9 Å². The van der Waals surface area contributed by atoms with E-state index in [9.17, 15) is 4.79 Å². The number of carbonyl (C=O) groups is 1. The highest BCUT2D eigenvalue weighted by Gasteiger charge is 2.13. The molecule has 0 saturated heterocycles. The van der Waals surface area contributed by atoms with E-state index >= 15 is 0 Å². The molecule has 1 unspecified atom stereocenters. The highest BCUT2D eigenvalue weighted by molar-refractivity contribution is 9.10. The number of hydrogen-bond donors (Lipinski definition) is 1. The fraction of sp³-hybridized carbons (Fsp3) is 0.200. The van der Waals surface area contributed by atoms with Gasteiger partial charge in [-0.25, -0.2) is 0 Å². The second-order valence-electron chi connectivity index (χ2n) is 2.96. The van der Waals surface area contributed by atoms with Crippen LogP contribution in [-0.2, 0) is 4.79 Å². The van der Waals surface area contributed by atoms with Crippen molar-refractivity contribution in [1.82, 2.24) is 0 Å². The molecule has 1 amide bonds. The van der Waals surface area contributed by atoms with E-state index in [1.165, 1.54) is 6.92 Å². The van der Waals surface area contributed by atoms with Gasteiger partial charge in [-0.3, -0.25) is 4.79 Å². The van der Waals surface area contributed by atoms with Crippen LogP contribution in [0.3, 0.4) is 0 Å². The van der Waals surface area contributed by atoms with Crippen LogP contribution in [0, 0.1) is 17.2 Å². The van der Waals surface area contributed by atoms with Crippen molar-refractivity contribution in [3.05, 3.63) is 27.7 Å². The van der Waals surface area contributed by atoms with Gasteiger partial charge in [0.05, 0.1) is 11.8 Å². The molecule has 0 bridgehead atoms. The summed E-state index contributed by atoms with van der Waals surface area (Å²) in [5.41, 5.74) is 0.564. The largest absolute Gasteiger partial charge is 0.324 e. The first-order chi connectivity index (χ1) is 7.04. The van der Waals surface area contributed by atoms with E-state index in [2.05, 4.69) is 21.2 Å². The average molecular weight is 288 g/mol. The van der Waals surface area contributed by atoms with Gasteiger partial charge in [-0.1, -0.05) is 11.6 Å². The van der Waals surface area contributed by atoms with Crippen LogP contribution in [0.4, 0.5) is 5.69 Å². The minimum absolute atomic E-state index is 0.347. The van der Waals surface area contributed by atoms with Gasteiger partial charge in [0.2, 0.25) is 5.91 Å². The molecule has 0 heterocycles. The molecule has 1 atom stereocenters. The molecular weight excluding hydrogens is 279 g/mol. The Labute approximate surface area is 101 Å². The Morgan fingerprint density at radius 3 is 2.93 bits per heavy atom. The molecule has 0 aromatic heterocycles. The molecule has 5 heteroatoms. The maximum absolute atomic E-state index is 11.4. The number of nitriles is 1. The SMILES string of the molecule is CC(C#N)C(=O)Nc1cc(Cl)ccc1Br. The van der Waals surface area contributed by atoms with E-state index in [-0.39, 0.29) is 5.91 Å². The van der Waals surface area contributed by atoms with Gasteiger partial charge in [0.25, 0.3) is 0 Å². The van der Waals surface area contributed by atoms with E-state index in [0.29, 0.717) is 10.7 Å². The third-order valence-electron chi connectivity index (χ3n) is 1.77. The molecule has 78 valence electrons. The summed E-state index contributed by atoms with van der Waals surface area (Å²) in [7, 11) is 0. The molecule has 0 radical (unpaired) electrons. The Kier molecular flexibility index (Phi) is 4.13. The van der Waals surface area contributed by atoms with Gasteiger partial charge < -0.3 is 5.32 Å². The van der Waals surface area contributed by atoms with Crippen molar-refractivity contribution in [2.45, 2.75) is 6.92 Å². The number of benzene rings is 1. The van der Waals surface area contributed by atoms with Crippen LogP contribution in [0.5, 0.6) is 0 Å². The lowest BCUT2D eigenvalue weighted by Gasteiger charge is -2.08. The fourth-order valence-corrected chi connectivity index (χ4v) is 1.41. The zero-order valence-electron chi connectivity index (χ0n) is 7.92. The molecule has 1 aromatic rings. The van der Waals surface area contributed by atoms with Crippen molar-refractivity contribution in [2.24, 2.45) is 5.92 Å². The number of amides is 1. The van der Waals surface area contributed by atoms with E-state index in [1.807, 2.05) is 6.07 Å². The van der Waals surface area contributed by atoms with Crippen molar-refractivity contribution in [3.8, 4) is 6.07 Å². The van der Waals surface area contributed by atoms with Crippen LogP contribution in [0.15, 0.2) is 22.7 Å². The minimum Gasteiger partial charge on any atom is -0.324 e. The first-order valence-corrected chi connectivity index (χ1v) is 5.37. The van der Waals surface area contributed by atoms with Crippen LogP contribution in [0.25, 0.3) is 0 Å². The summed E-state index contributed by atoms with van der Waals surface area (Å²) in [6, 6.07) is 6.91. The van der Waals surface area contributed by atoms with Crippen molar-refractivity contribution in [3.63, 3.8) is 0 Å². The second-order valence-corrected chi connectivity index (χ2v) is 4.25. The summed E-state index contributed by atoms with van der Waals surface area (Å²) in [5.74, 6) is -1.03. The molecule has 0 spiro atoms. The first-order valence-electron chi connectivity index (χ1n) is 4.20. The Balaban J connectivity index is 2.86. The number of anilines is 1. The number of rotatable bonds is 2. The number of halogens is 2. The Bertz CT molecular complexity index is 428. The van der Waals surface area contributed by atoms with E-state index < -0.39 is 5.92 Å². The van der Waals surface area contributed by atoms with Gasteiger partial charge in [-0.15, -0.1) is 0 Å². The third kappa shape index (κ3) is 3.22. The summed E-state index contributed by atoms with van der Waals surface area (Å²) in [6.45, 7) is 1.54. The lowest BCUT2D eigenvalue weighted by atomic mass is 10.2. The zero-order valence-corrected chi connectivity index (χ0v) is 10.3. The summed E-state index contributed by atoms with van der Waals surface area (Å²) < 4.78 is 0.727. The van der Waals surface area contributed by atoms with Gasteiger partial charge in [-0.2, -0.15) is 5.26 Å². The highest BCUT2D eigenvalue weighted by Crippen LogP contribution is 2.26. The predicted octanol–water partition coefficient (Wildman–Crippen LogP) is 3.20. The summed E-state index contributed by atoms with van der Waals surface area (Å²) in [4.78, 5) is 11.4. The summed E-state index contributed by atoms with van der Waals surface area (Å²) >= 11 is 9.05. The minimum atomic E-state index is -0.684. The lowest BCUT2D eigenvalue weighted by Crippen LogP contribution is -2.19. The lowest BCUT2D eigenvalue weighted by molar-refractivity contribution is -0.117. The molecular formula is C10H8BrClN2O. The molecule has 1 N–H and O–H groups in total. The molecule has 15 heavy (non-hydrogen) atoms. The van der Waals surface area contributed by atoms with Gasteiger partial charge in [0, 0.05) is 9.50 Å². The predicted molar refractivity (Wildman–Crippen MR) is 62.6 cm³/mol. The van der Waals surface area contributed by atoms with Crippen LogP contribution in [-0.4, -0.2) is 5.91 Å². The molecule has 0 aliphatic heterocycles. The quantitative estimate of drug-likeness (QED) is 0.908. The molecule has 0 aliphatic carbocycles. The fourth-order valence-electron chi connectivity index (χ4n) is 0.893. The normalized spacial score (nSPS) is 11.6. The van der Waals surface area contributed by atoms with Crippen LogP contribution in [0.1, 0.15) is 6.92 Å². The highest BCUT2D eigenvalue weighted by atomic mass is 79.9. The van der Waals surface area contributed by atoms with Crippen molar-refractivity contribution in [1.29, 1.82) is 5.26 Å². The number of carbonyl (C=O) groups excluding carboxylic acids is 1. The maximum Gasteiger partial charge on any atom is 0.241 e. The van der Waals surface area contributed by atoms with Crippen LogP contribution >= 0.6 is 27.5 Å². The number of nitrogens with one attached hydrogen (secondary N) is 1.